The molecule has 2 heterocycles. The molecular formula is C14H26N2O3. The van der Waals surface area contributed by atoms with Gasteiger partial charge in [0, 0.05) is 38.1 Å². The summed E-state index contributed by atoms with van der Waals surface area (Å²) in [5.74, 6) is 0.220. The van der Waals surface area contributed by atoms with Crippen LogP contribution in [0.1, 0.15) is 32.6 Å². The van der Waals surface area contributed by atoms with Crippen molar-refractivity contribution in [2.75, 3.05) is 39.5 Å². The van der Waals surface area contributed by atoms with E-state index in [0.717, 1.165) is 26.1 Å². The number of aliphatic hydroxyl groups is 1. The van der Waals surface area contributed by atoms with E-state index in [-0.39, 0.29) is 18.6 Å². The first-order chi connectivity index (χ1) is 9.22. The van der Waals surface area contributed by atoms with E-state index in [9.17, 15) is 9.90 Å². The Bertz CT molecular complexity index is 292. The van der Waals surface area contributed by atoms with Crippen LogP contribution in [0.15, 0.2) is 0 Å². The third-order valence-corrected chi connectivity index (χ3v) is 4.35. The normalized spacial score (nSPS) is 29.5. The quantitative estimate of drug-likeness (QED) is 0.807. The van der Waals surface area contributed by atoms with Crippen LogP contribution in [0.5, 0.6) is 0 Å². The van der Waals surface area contributed by atoms with Gasteiger partial charge in [-0.25, -0.2) is 0 Å². The Balaban J connectivity index is 1.80. The van der Waals surface area contributed by atoms with Crippen molar-refractivity contribution in [2.45, 2.75) is 44.7 Å². The zero-order valence-corrected chi connectivity index (χ0v) is 11.9. The van der Waals surface area contributed by atoms with Crippen molar-refractivity contribution in [1.29, 1.82) is 0 Å². The van der Waals surface area contributed by atoms with Gasteiger partial charge in [-0.1, -0.05) is 6.42 Å². The van der Waals surface area contributed by atoms with Crippen LogP contribution in [0.2, 0.25) is 0 Å². The minimum absolute atomic E-state index is 0.204. The zero-order chi connectivity index (χ0) is 13.7. The lowest BCUT2D eigenvalue weighted by Crippen LogP contribution is -2.49. The highest BCUT2D eigenvalue weighted by Crippen LogP contribution is 2.22. The molecule has 0 bridgehead atoms. The fourth-order valence-corrected chi connectivity index (χ4v) is 3.14. The zero-order valence-electron chi connectivity index (χ0n) is 11.9. The van der Waals surface area contributed by atoms with Crippen molar-refractivity contribution < 1.29 is 14.6 Å². The van der Waals surface area contributed by atoms with Crippen molar-refractivity contribution in [1.82, 2.24) is 9.80 Å². The average molecular weight is 270 g/mol. The highest BCUT2D eigenvalue weighted by molar-refractivity contribution is 5.76. The van der Waals surface area contributed by atoms with Gasteiger partial charge < -0.3 is 14.7 Å². The third-order valence-electron chi connectivity index (χ3n) is 4.35. The number of likely N-dealkylation sites (tertiary alicyclic amines) is 1. The minimum atomic E-state index is 0.204. The van der Waals surface area contributed by atoms with Crippen LogP contribution in [-0.2, 0) is 9.53 Å². The molecule has 0 spiro atoms. The van der Waals surface area contributed by atoms with E-state index < -0.39 is 0 Å². The van der Waals surface area contributed by atoms with Crippen LogP contribution in [-0.4, -0.2) is 72.4 Å². The minimum Gasteiger partial charge on any atom is -0.395 e. The average Bonchev–Trinajstić information content (AvgIpc) is 2.46. The van der Waals surface area contributed by atoms with Gasteiger partial charge in [0.05, 0.1) is 19.8 Å². The first-order valence-electron chi connectivity index (χ1n) is 7.44. The molecule has 2 rings (SSSR count). The van der Waals surface area contributed by atoms with Crippen LogP contribution >= 0.6 is 0 Å². The maximum atomic E-state index is 12.1. The van der Waals surface area contributed by atoms with Crippen LogP contribution in [0.3, 0.4) is 0 Å². The Morgan fingerprint density at radius 1 is 1.32 bits per heavy atom. The highest BCUT2D eigenvalue weighted by atomic mass is 16.5. The number of piperidine rings is 1. The van der Waals surface area contributed by atoms with Gasteiger partial charge >= 0.3 is 0 Å². The number of rotatable bonds is 4. The van der Waals surface area contributed by atoms with Crippen molar-refractivity contribution in [2.24, 2.45) is 0 Å². The number of amides is 1. The molecule has 110 valence electrons. The molecule has 5 nitrogen and oxygen atoms in total. The van der Waals surface area contributed by atoms with E-state index in [4.69, 9.17) is 4.74 Å². The number of aliphatic hydroxyl groups excluding tert-OH is 1. The second kappa shape index (κ2) is 7.22. The van der Waals surface area contributed by atoms with Crippen LogP contribution in [0.4, 0.5) is 0 Å². The highest BCUT2D eigenvalue weighted by Gasteiger charge is 2.28. The maximum absolute atomic E-state index is 12.1. The summed E-state index contributed by atoms with van der Waals surface area (Å²) >= 11 is 0. The molecule has 2 aliphatic heterocycles. The van der Waals surface area contributed by atoms with E-state index in [1.54, 1.807) is 0 Å². The number of hydrogen-bond donors (Lipinski definition) is 1. The summed E-state index contributed by atoms with van der Waals surface area (Å²) < 4.78 is 5.26. The van der Waals surface area contributed by atoms with Gasteiger partial charge in [0.1, 0.15) is 0 Å². The molecule has 0 radical (unpaired) electrons. The fourth-order valence-electron chi connectivity index (χ4n) is 3.14. The van der Waals surface area contributed by atoms with Gasteiger partial charge in [0.25, 0.3) is 0 Å². The summed E-state index contributed by atoms with van der Waals surface area (Å²) in [6.07, 6.45) is 3.95. The SMILES string of the molecule is CC1CCCC(CO)N1CCC(=O)N1CCOCC1. The predicted molar refractivity (Wildman–Crippen MR) is 72.9 cm³/mol. The molecule has 1 amide bonds. The lowest BCUT2D eigenvalue weighted by Gasteiger charge is -2.40. The molecule has 0 aromatic heterocycles. The van der Waals surface area contributed by atoms with Crippen molar-refractivity contribution in [3.63, 3.8) is 0 Å². The Morgan fingerprint density at radius 3 is 2.74 bits per heavy atom. The summed E-state index contributed by atoms with van der Waals surface area (Å²) in [5.41, 5.74) is 0. The van der Waals surface area contributed by atoms with Gasteiger partial charge in [-0.05, 0) is 19.8 Å². The summed E-state index contributed by atoms with van der Waals surface area (Å²) in [7, 11) is 0. The first kappa shape index (κ1) is 14.8. The molecule has 2 aliphatic rings. The Kier molecular flexibility index (Phi) is 5.60. The number of nitrogens with zero attached hydrogens (tertiary/aromatic N) is 2. The smallest absolute Gasteiger partial charge is 0.224 e. The standard InChI is InChI=1S/C14H26N2O3/c1-12-3-2-4-13(11-17)16(12)6-5-14(18)15-7-9-19-10-8-15/h12-13,17H,2-11H2,1H3. The number of morpholine rings is 1. The second-order valence-corrected chi connectivity index (χ2v) is 5.60. The molecule has 0 aromatic carbocycles. The maximum Gasteiger partial charge on any atom is 0.224 e. The molecule has 2 unspecified atom stereocenters. The summed E-state index contributed by atoms with van der Waals surface area (Å²) in [5, 5.41) is 9.44. The van der Waals surface area contributed by atoms with Gasteiger partial charge in [0.15, 0.2) is 0 Å². The number of ether oxygens (including phenoxy) is 1. The third kappa shape index (κ3) is 3.91. The molecule has 0 saturated carbocycles. The largest absolute Gasteiger partial charge is 0.395 e. The van der Waals surface area contributed by atoms with Gasteiger partial charge in [-0.15, -0.1) is 0 Å². The van der Waals surface area contributed by atoms with Crippen LogP contribution < -0.4 is 0 Å². The molecule has 0 aliphatic carbocycles. The lowest BCUT2D eigenvalue weighted by molar-refractivity contribution is -0.136. The Hall–Kier alpha value is -0.650. The fraction of sp³-hybridized carbons (Fsp3) is 0.929. The van der Waals surface area contributed by atoms with Gasteiger partial charge in [0.2, 0.25) is 5.91 Å². The van der Waals surface area contributed by atoms with Crippen molar-refractivity contribution in [3.05, 3.63) is 0 Å². The second-order valence-electron chi connectivity index (χ2n) is 5.60. The van der Waals surface area contributed by atoms with E-state index in [0.29, 0.717) is 25.7 Å². The van der Waals surface area contributed by atoms with E-state index in [1.807, 2.05) is 4.90 Å². The molecular weight excluding hydrogens is 244 g/mol. The van der Waals surface area contributed by atoms with Crippen molar-refractivity contribution >= 4 is 5.91 Å². The monoisotopic (exact) mass is 270 g/mol. The van der Waals surface area contributed by atoms with Gasteiger partial charge in [-0.3, -0.25) is 9.69 Å². The molecule has 2 atom stereocenters. The molecule has 0 aromatic rings. The van der Waals surface area contributed by atoms with Gasteiger partial charge in [-0.2, -0.15) is 0 Å². The summed E-state index contributed by atoms with van der Waals surface area (Å²) in [6.45, 7) is 5.92. The Morgan fingerprint density at radius 2 is 2.05 bits per heavy atom. The van der Waals surface area contributed by atoms with E-state index in [2.05, 4.69) is 11.8 Å². The molecule has 19 heavy (non-hydrogen) atoms. The predicted octanol–water partition coefficient (Wildman–Crippen LogP) is 0.471. The van der Waals surface area contributed by atoms with E-state index in [1.165, 1.54) is 12.8 Å². The number of carbonyl (C=O) groups is 1. The van der Waals surface area contributed by atoms with Crippen LogP contribution in [0, 0.1) is 0 Å². The first-order valence-corrected chi connectivity index (χ1v) is 7.44. The lowest BCUT2D eigenvalue weighted by atomic mass is 9.96. The molecule has 5 heteroatoms. The topological polar surface area (TPSA) is 53.0 Å². The summed E-state index contributed by atoms with van der Waals surface area (Å²) in [6, 6.07) is 0.713. The molecule has 2 saturated heterocycles. The number of carbonyl (C=O) groups excluding carboxylic acids is 1. The number of hydrogen-bond acceptors (Lipinski definition) is 4. The molecule has 1 N–H and O–H groups in total. The Labute approximate surface area is 115 Å². The summed E-state index contributed by atoms with van der Waals surface area (Å²) in [4.78, 5) is 16.3. The molecule has 2 fully saturated rings. The van der Waals surface area contributed by atoms with Crippen molar-refractivity contribution in [3.8, 4) is 0 Å². The van der Waals surface area contributed by atoms with E-state index >= 15 is 0 Å². The van der Waals surface area contributed by atoms with Crippen LogP contribution in [0.25, 0.3) is 0 Å².